The number of rotatable bonds is 3. The highest BCUT2D eigenvalue weighted by atomic mass is 16.5. The van der Waals surface area contributed by atoms with Crippen molar-refractivity contribution in [3.63, 3.8) is 0 Å². The molecule has 4 rings (SSSR count). The third-order valence-corrected chi connectivity index (χ3v) is 4.39. The summed E-state index contributed by atoms with van der Waals surface area (Å²) in [5.74, 6) is 0.357. The molecule has 0 unspecified atom stereocenters. The second kappa shape index (κ2) is 6.95. The number of likely N-dealkylation sites (tertiary alicyclic amines) is 1. The molecule has 7 heteroatoms. The number of amides is 1. The van der Waals surface area contributed by atoms with E-state index in [1.165, 1.54) is 18.4 Å². The Balaban J connectivity index is 1.37. The van der Waals surface area contributed by atoms with Gasteiger partial charge >= 0.3 is 5.63 Å². The zero-order valence-electron chi connectivity index (χ0n) is 14.0. The molecule has 1 fully saturated rings. The number of benzene rings is 1. The number of fused-ring (bicyclic) bond motifs is 1. The minimum atomic E-state index is -0.467. The maximum atomic E-state index is 12.4. The van der Waals surface area contributed by atoms with Crippen LogP contribution < -0.4 is 10.4 Å². The SMILES string of the molecule is O=C(c1ccc(=O)oc1)N1CCC(Oc2cnc3ccccc3n2)CC1. The van der Waals surface area contributed by atoms with Crippen molar-refractivity contribution in [2.45, 2.75) is 18.9 Å². The van der Waals surface area contributed by atoms with Crippen molar-refractivity contribution in [2.24, 2.45) is 0 Å². The molecule has 1 saturated heterocycles. The van der Waals surface area contributed by atoms with Gasteiger partial charge in [-0.15, -0.1) is 0 Å². The van der Waals surface area contributed by atoms with Crippen molar-refractivity contribution < 1.29 is 13.9 Å². The van der Waals surface area contributed by atoms with Gasteiger partial charge in [-0.1, -0.05) is 12.1 Å². The Morgan fingerprint density at radius 1 is 1.12 bits per heavy atom. The Morgan fingerprint density at radius 2 is 1.88 bits per heavy atom. The number of piperidine rings is 1. The predicted octanol–water partition coefficient (Wildman–Crippen LogP) is 2.27. The first kappa shape index (κ1) is 16.3. The standard InChI is InChI=1S/C19H17N3O4/c23-18-6-5-13(12-25-18)19(24)22-9-7-14(8-10-22)26-17-11-20-15-3-1-2-4-16(15)21-17/h1-6,11-12,14H,7-10H2. The van der Waals surface area contributed by atoms with E-state index in [0.29, 0.717) is 37.4 Å². The number of ether oxygens (including phenoxy) is 1. The molecule has 0 atom stereocenters. The van der Waals surface area contributed by atoms with Crippen molar-refractivity contribution in [3.05, 3.63) is 64.8 Å². The van der Waals surface area contributed by atoms with Gasteiger partial charge in [-0.05, 0) is 18.2 Å². The van der Waals surface area contributed by atoms with Gasteiger partial charge in [0.1, 0.15) is 12.4 Å². The average Bonchev–Trinajstić information content (AvgIpc) is 2.68. The molecule has 132 valence electrons. The number of hydrogen-bond acceptors (Lipinski definition) is 6. The fourth-order valence-electron chi connectivity index (χ4n) is 3.01. The lowest BCUT2D eigenvalue weighted by molar-refractivity contribution is 0.0585. The Labute approximate surface area is 149 Å². The lowest BCUT2D eigenvalue weighted by Gasteiger charge is -2.31. The number of aromatic nitrogens is 2. The molecule has 0 aliphatic carbocycles. The van der Waals surface area contributed by atoms with Crippen LogP contribution in [0, 0.1) is 0 Å². The largest absolute Gasteiger partial charge is 0.473 e. The first-order valence-corrected chi connectivity index (χ1v) is 8.45. The molecular formula is C19H17N3O4. The van der Waals surface area contributed by atoms with E-state index in [4.69, 9.17) is 9.15 Å². The number of hydrogen-bond donors (Lipinski definition) is 0. The molecule has 0 N–H and O–H groups in total. The highest BCUT2D eigenvalue weighted by Crippen LogP contribution is 2.20. The van der Waals surface area contributed by atoms with E-state index >= 15 is 0 Å². The van der Waals surface area contributed by atoms with Crippen LogP contribution in [0.25, 0.3) is 11.0 Å². The molecule has 1 aliphatic heterocycles. The van der Waals surface area contributed by atoms with Gasteiger partial charge in [-0.2, -0.15) is 0 Å². The van der Waals surface area contributed by atoms with E-state index in [0.717, 1.165) is 11.0 Å². The number of carbonyl (C=O) groups excluding carboxylic acids is 1. The molecular weight excluding hydrogens is 334 g/mol. The highest BCUT2D eigenvalue weighted by molar-refractivity contribution is 5.93. The van der Waals surface area contributed by atoms with Crippen molar-refractivity contribution in [3.8, 4) is 5.88 Å². The molecule has 1 amide bonds. The van der Waals surface area contributed by atoms with Gasteiger partial charge in [0.15, 0.2) is 0 Å². The fourth-order valence-corrected chi connectivity index (χ4v) is 3.01. The van der Waals surface area contributed by atoms with Gasteiger partial charge in [0, 0.05) is 32.0 Å². The lowest BCUT2D eigenvalue weighted by Crippen LogP contribution is -2.41. The smallest absolute Gasteiger partial charge is 0.335 e. The first-order valence-electron chi connectivity index (χ1n) is 8.45. The summed E-state index contributed by atoms with van der Waals surface area (Å²) in [7, 11) is 0. The summed E-state index contributed by atoms with van der Waals surface area (Å²) in [6, 6.07) is 10.4. The fraction of sp³-hybridized carbons (Fsp3) is 0.263. The van der Waals surface area contributed by atoms with Crippen LogP contribution in [-0.2, 0) is 0 Å². The van der Waals surface area contributed by atoms with E-state index in [1.54, 1.807) is 11.1 Å². The van der Waals surface area contributed by atoms with Crippen LogP contribution in [0.3, 0.4) is 0 Å². The van der Waals surface area contributed by atoms with Crippen LogP contribution in [-0.4, -0.2) is 40.0 Å². The minimum absolute atomic E-state index is 0.0109. The van der Waals surface area contributed by atoms with Crippen molar-refractivity contribution in [1.29, 1.82) is 0 Å². The maximum Gasteiger partial charge on any atom is 0.335 e. The van der Waals surface area contributed by atoms with E-state index in [-0.39, 0.29) is 12.0 Å². The topological polar surface area (TPSA) is 85.5 Å². The third-order valence-electron chi connectivity index (χ3n) is 4.39. The van der Waals surface area contributed by atoms with Crippen LogP contribution in [0.5, 0.6) is 5.88 Å². The van der Waals surface area contributed by atoms with E-state index in [2.05, 4.69) is 9.97 Å². The molecule has 0 bridgehead atoms. The monoisotopic (exact) mass is 351 g/mol. The van der Waals surface area contributed by atoms with Crippen LogP contribution in [0.15, 0.2) is 58.1 Å². The molecule has 0 radical (unpaired) electrons. The summed E-state index contributed by atoms with van der Waals surface area (Å²) in [5.41, 5.74) is 1.53. The Kier molecular flexibility index (Phi) is 4.35. The first-order chi connectivity index (χ1) is 12.7. The van der Waals surface area contributed by atoms with Gasteiger partial charge in [0.25, 0.3) is 5.91 Å². The molecule has 1 aliphatic rings. The zero-order chi connectivity index (χ0) is 17.9. The Bertz CT molecular complexity index is 973. The average molecular weight is 351 g/mol. The van der Waals surface area contributed by atoms with E-state index < -0.39 is 5.63 Å². The van der Waals surface area contributed by atoms with E-state index in [9.17, 15) is 9.59 Å². The van der Waals surface area contributed by atoms with Gasteiger partial charge in [0.2, 0.25) is 5.88 Å². The highest BCUT2D eigenvalue weighted by Gasteiger charge is 2.25. The summed E-state index contributed by atoms with van der Waals surface area (Å²) in [5, 5.41) is 0. The molecule has 3 heterocycles. The molecule has 2 aromatic heterocycles. The van der Waals surface area contributed by atoms with Crippen LogP contribution in [0.4, 0.5) is 0 Å². The van der Waals surface area contributed by atoms with Gasteiger partial charge in [-0.3, -0.25) is 4.79 Å². The summed E-state index contributed by atoms with van der Waals surface area (Å²) in [6.45, 7) is 1.15. The molecule has 3 aromatic rings. The third kappa shape index (κ3) is 3.42. The van der Waals surface area contributed by atoms with E-state index in [1.807, 2.05) is 24.3 Å². The minimum Gasteiger partial charge on any atom is -0.473 e. The maximum absolute atomic E-state index is 12.4. The Morgan fingerprint density at radius 3 is 2.62 bits per heavy atom. The predicted molar refractivity (Wildman–Crippen MR) is 94.1 cm³/mol. The zero-order valence-corrected chi connectivity index (χ0v) is 14.0. The second-order valence-corrected chi connectivity index (χ2v) is 6.15. The van der Waals surface area contributed by atoms with Crippen molar-refractivity contribution in [1.82, 2.24) is 14.9 Å². The molecule has 7 nitrogen and oxygen atoms in total. The summed E-state index contributed by atoms with van der Waals surface area (Å²) >= 11 is 0. The summed E-state index contributed by atoms with van der Waals surface area (Å²) in [4.78, 5) is 34.0. The van der Waals surface area contributed by atoms with Crippen molar-refractivity contribution >= 4 is 16.9 Å². The second-order valence-electron chi connectivity index (χ2n) is 6.15. The van der Waals surface area contributed by atoms with Gasteiger partial charge in [-0.25, -0.2) is 14.8 Å². The van der Waals surface area contributed by atoms with Crippen molar-refractivity contribution in [2.75, 3.05) is 13.1 Å². The summed E-state index contributed by atoms with van der Waals surface area (Å²) < 4.78 is 10.7. The lowest BCUT2D eigenvalue weighted by atomic mass is 10.1. The van der Waals surface area contributed by atoms with Gasteiger partial charge < -0.3 is 14.1 Å². The molecule has 0 saturated carbocycles. The molecule has 1 aromatic carbocycles. The number of carbonyl (C=O) groups is 1. The molecule has 0 spiro atoms. The normalized spacial score (nSPS) is 15.2. The summed E-state index contributed by atoms with van der Waals surface area (Å²) in [6.07, 6.45) is 4.24. The van der Waals surface area contributed by atoms with Crippen LogP contribution in [0.2, 0.25) is 0 Å². The number of para-hydroxylation sites is 2. The quantitative estimate of drug-likeness (QED) is 0.719. The van der Waals surface area contributed by atoms with Gasteiger partial charge in [0.05, 0.1) is 22.8 Å². The Hall–Kier alpha value is -3.22. The number of nitrogens with zero attached hydrogens (tertiary/aromatic N) is 3. The van der Waals surface area contributed by atoms with Crippen LogP contribution >= 0.6 is 0 Å². The molecule has 26 heavy (non-hydrogen) atoms. The van der Waals surface area contributed by atoms with Crippen LogP contribution in [0.1, 0.15) is 23.2 Å².